The number of aliphatic hydroxyl groups is 1. The van der Waals surface area contributed by atoms with Crippen molar-refractivity contribution < 1.29 is 19.3 Å². The number of methoxy groups -OCH3 is 2. The van der Waals surface area contributed by atoms with Crippen molar-refractivity contribution in [2.45, 2.75) is 13.5 Å². The van der Waals surface area contributed by atoms with E-state index < -0.39 is 0 Å². The zero-order chi connectivity index (χ0) is 14.5. The van der Waals surface area contributed by atoms with Gasteiger partial charge in [-0.15, -0.1) is 0 Å². The van der Waals surface area contributed by atoms with Crippen LogP contribution in [-0.2, 0) is 6.61 Å². The summed E-state index contributed by atoms with van der Waals surface area (Å²) >= 11 is 0. The highest BCUT2D eigenvalue weighted by molar-refractivity contribution is 5.53. The number of rotatable bonds is 5. The van der Waals surface area contributed by atoms with Gasteiger partial charge in [0.2, 0.25) is 5.75 Å². The minimum absolute atomic E-state index is 0.153. The van der Waals surface area contributed by atoms with Gasteiger partial charge in [0.1, 0.15) is 5.75 Å². The first kappa shape index (κ1) is 14.1. The van der Waals surface area contributed by atoms with Crippen LogP contribution < -0.4 is 14.2 Å². The number of ether oxygens (including phenoxy) is 3. The highest BCUT2D eigenvalue weighted by atomic mass is 16.5. The molecular formula is C15H17NO4. The third kappa shape index (κ3) is 2.83. The van der Waals surface area contributed by atoms with Gasteiger partial charge in [0.15, 0.2) is 11.5 Å². The number of para-hydroxylation sites is 1. The second-order valence-corrected chi connectivity index (χ2v) is 4.19. The van der Waals surface area contributed by atoms with E-state index in [1.807, 2.05) is 13.0 Å². The lowest BCUT2D eigenvalue weighted by atomic mass is 10.2. The monoisotopic (exact) mass is 275 g/mol. The standard InChI is InChI=1S/C15H17NO4/c1-10-7-14(11(9-17)8-16-10)20-15-12(18-2)5-4-6-13(15)19-3/h4-8,17H,9H2,1-3H3. The molecule has 0 amide bonds. The van der Waals surface area contributed by atoms with E-state index >= 15 is 0 Å². The fourth-order valence-electron chi connectivity index (χ4n) is 1.80. The third-order valence-electron chi connectivity index (χ3n) is 2.85. The Labute approximate surface area is 117 Å². The lowest BCUT2D eigenvalue weighted by Crippen LogP contribution is -1.98. The molecule has 0 saturated carbocycles. The molecule has 106 valence electrons. The van der Waals surface area contributed by atoms with Gasteiger partial charge in [-0.1, -0.05) is 6.07 Å². The van der Waals surface area contributed by atoms with E-state index in [4.69, 9.17) is 14.2 Å². The van der Waals surface area contributed by atoms with Crippen molar-refractivity contribution in [2.24, 2.45) is 0 Å². The summed E-state index contributed by atoms with van der Waals surface area (Å²) in [6, 6.07) is 7.14. The molecular weight excluding hydrogens is 258 g/mol. The molecule has 0 atom stereocenters. The first-order valence-electron chi connectivity index (χ1n) is 6.14. The Kier molecular flexibility index (Phi) is 4.42. The smallest absolute Gasteiger partial charge is 0.211 e. The van der Waals surface area contributed by atoms with Crippen molar-refractivity contribution in [3.8, 4) is 23.0 Å². The maximum absolute atomic E-state index is 9.36. The maximum atomic E-state index is 9.36. The average Bonchev–Trinajstić information content (AvgIpc) is 2.47. The van der Waals surface area contributed by atoms with Gasteiger partial charge >= 0.3 is 0 Å². The highest BCUT2D eigenvalue weighted by Gasteiger charge is 2.14. The molecule has 1 aromatic heterocycles. The maximum Gasteiger partial charge on any atom is 0.211 e. The van der Waals surface area contributed by atoms with E-state index in [0.717, 1.165) is 5.69 Å². The van der Waals surface area contributed by atoms with Crippen LogP contribution in [0.25, 0.3) is 0 Å². The fraction of sp³-hybridized carbons (Fsp3) is 0.267. The summed E-state index contributed by atoms with van der Waals surface area (Å²) < 4.78 is 16.4. The summed E-state index contributed by atoms with van der Waals surface area (Å²) in [5.74, 6) is 2.12. The second kappa shape index (κ2) is 6.25. The molecule has 1 aromatic carbocycles. The van der Waals surface area contributed by atoms with E-state index in [1.54, 1.807) is 38.6 Å². The van der Waals surface area contributed by atoms with Crippen LogP contribution in [0.5, 0.6) is 23.0 Å². The molecule has 5 nitrogen and oxygen atoms in total. The topological polar surface area (TPSA) is 60.8 Å². The highest BCUT2D eigenvalue weighted by Crippen LogP contribution is 2.40. The quantitative estimate of drug-likeness (QED) is 0.909. The zero-order valence-electron chi connectivity index (χ0n) is 11.7. The Bertz CT molecular complexity index is 576. The molecule has 0 spiro atoms. The molecule has 2 aromatic rings. The summed E-state index contributed by atoms with van der Waals surface area (Å²) in [6.45, 7) is 1.70. The van der Waals surface area contributed by atoms with Gasteiger partial charge < -0.3 is 19.3 Å². The van der Waals surface area contributed by atoms with Crippen molar-refractivity contribution in [3.63, 3.8) is 0 Å². The van der Waals surface area contributed by atoms with Crippen LogP contribution >= 0.6 is 0 Å². The van der Waals surface area contributed by atoms with Crippen molar-refractivity contribution in [2.75, 3.05) is 14.2 Å². The van der Waals surface area contributed by atoms with E-state index in [9.17, 15) is 5.11 Å². The molecule has 20 heavy (non-hydrogen) atoms. The van der Waals surface area contributed by atoms with Crippen LogP contribution in [0.15, 0.2) is 30.5 Å². The largest absolute Gasteiger partial charge is 0.493 e. The van der Waals surface area contributed by atoms with Crippen molar-refractivity contribution in [1.82, 2.24) is 4.98 Å². The van der Waals surface area contributed by atoms with E-state index in [1.165, 1.54) is 0 Å². The summed E-state index contributed by atoms with van der Waals surface area (Å²) in [5, 5.41) is 9.36. The number of benzene rings is 1. The molecule has 0 aliphatic rings. The van der Waals surface area contributed by atoms with Crippen molar-refractivity contribution in [1.29, 1.82) is 0 Å². The molecule has 0 aliphatic carbocycles. The zero-order valence-corrected chi connectivity index (χ0v) is 11.7. The molecule has 0 aliphatic heterocycles. The minimum atomic E-state index is -0.153. The van der Waals surface area contributed by atoms with Gasteiger partial charge in [-0.05, 0) is 19.1 Å². The molecule has 0 fully saturated rings. The van der Waals surface area contributed by atoms with Crippen LogP contribution in [0, 0.1) is 6.92 Å². The van der Waals surface area contributed by atoms with Crippen molar-refractivity contribution in [3.05, 3.63) is 41.7 Å². The number of aromatic nitrogens is 1. The number of pyridine rings is 1. The Balaban J connectivity index is 2.46. The molecule has 0 bridgehead atoms. The summed E-state index contributed by atoms with van der Waals surface area (Å²) in [4.78, 5) is 4.13. The van der Waals surface area contributed by atoms with Gasteiger partial charge in [0, 0.05) is 23.5 Å². The lowest BCUT2D eigenvalue weighted by Gasteiger charge is -2.15. The molecule has 2 rings (SSSR count). The van der Waals surface area contributed by atoms with Crippen molar-refractivity contribution >= 4 is 0 Å². The van der Waals surface area contributed by atoms with Crippen LogP contribution in [0.2, 0.25) is 0 Å². The van der Waals surface area contributed by atoms with Crippen LogP contribution in [0.3, 0.4) is 0 Å². The van der Waals surface area contributed by atoms with Gasteiger partial charge in [-0.2, -0.15) is 0 Å². The predicted molar refractivity (Wildman–Crippen MR) is 74.5 cm³/mol. The molecule has 1 N–H and O–H groups in total. The van der Waals surface area contributed by atoms with Crippen LogP contribution in [0.4, 0.5) is 0 Å². The fourth-order valence-corrected chi connectivity index (χ4v) is 1.80. The Morgan fingerprint density at radius 3 is 2.30 bits per heavy atom. The van der Waals surface area contributed by atoms with Gasteiger partial charge in [-0.3, -0.25) is 4.98 Å². The number of nitrogens with zero attached hydrogens (tertiary/aromatic N) is 1. The van der Waals surface area contributed by atoms with Gasteiger partial charge in [0.25, 0.3) is 0 Å². The first-order valence-corrected chi connectivity index (χ1v) is 6.14. The SMILES string of the molecule is COc1cccc(OC)c1Oc1cc(C)ncc1CO. The van der Waals surface area contributed by atoms with Gasteiger partial charge in [-0.25, -0.2) is 0 Å². The van der Waals surface area contributed by atoms with E-state index in [0.29, 0.717) is 28.6 Å². The second-order valence-electron chi connectivity index (χ2n) is 4.19. The molecule has 5 heteroatoms. The predicted octanol–water partition coefficient (Wildman–Crippen LogP) is 2.69. The van der Waals surface area contributed by atoms with E-state index in [2.05, 4.69) is 4.98 Å². The lowest BCUT2D eigenvalue weighted by molar-refractivity contribution is 0.274. The summed E-state index contributed by atoms with van der Waals surface area (Å²) in [6.07, 6.45) is 1.59. The van der Waals surface area contributed by atoms with Gasteiger partial charge in [0.05, 0.1) is 20.8 Å². The van der Waals surface area contributed by atoms with E-state index in [-0.39, 0.29) is 6.61 Å². The minimum Gasteiger partial charge on any atom is -0.493 e. The Morgan fingerprint density at radius 1 is 1.10 bits per heavy atom. The molecule has 0 saturated heterocycles. The molecule has 0 unspecified atom stereocenters. The summed E-state index contributed by atoms with van der Waals surface area (Å²) in [5.41, 5.74) is 1.40. The third-order valence-corrected chi connectivity index (χ3v) is 2.85. The summed E-state index contributed by atoms with van der Waals surface area (Å²) in [7, 11) is 3.12. The van der Waals surface area contributed by atoms with Crippen LogP contribution in [0.1, 0.15) is 11.3 Å². The molecule has 0 radical (unpaired) electrons. The Hall–Kier alpha value is -2.27. The normalized spacial score (nSPS) is 10.2. The number of hydrogen-bond acceptors (Lipinski definition) is 5. The number of aryl methyl sites for hydroxylation is 1. The molecule has 1 heterocycles. The Morgan fingerprint density at radius 2 is 1.75 bits per heavy atom. The number of aliphatic hydroxyl groups excluding tert-OH is 1. The van der Waals surface area contributed by atoms with Crippen LogP contribution in [-0.4, -0.2) is 24.3 Å². The average molecular weight is 275 g/mol. The first-order chi connectivity index (χ1) is 9.69. The number of hydrogen-bond donors (Lipinski definition) is 1.